The van der Waals surface area contributed by atoms with Gasteiger partial charge in [0, 0.05) is 35.5 Å². The first kappa shape index (κ1) is 29.5. The van der Waals surface area contributed by atoms with Gasteiger partial charge >= 0.3 is 0 Å². The lowest BCUT2D eigenvalue weighted by atomic mass is 9.64. The van der Waals surface area contributed by atoms with Crippen LogP contribution in [0.1, 0.15) is 101 Å². The molecule has 0 unspecified atom stereocenters. The minimum atomic E-state index is -0.864. The van der Waals surface area contributed by atoms with Crippen LogP contribution in [-0.4, -0.2) is 45.7 Å². The Morgan fingerprint density at radius 3 is 2.62 bits per heavy atom. The minimum Gasteiger partial charge on any atom is -0.393 e. The third kappa shape index (κ3) is 5.69. The number of aliphatic hydroxyl groups excluding tert-OH is 1. The molecule has 4 nitrogen and oxygen atoms in total. The zero-order chi connectivity index (χ0) is 29.5. The molecule has 1 saturated carbocycles. The Balaban J connectivity index is 1.40. The van der Waals surface area contributed by atoms with Gasteiger partial charge in [-0.1, -0.05) is 55.0 Å². The van der Waals surface area contributed by atoms with Gasteiger partial charge in [-0.05, 0) is 112 Å². The van der Waals surface area contributed by atoms with E-state index >= 15 is 0 Å². The summed E-state index contributed by atoms with van der Waals surface area (Å²) in [6.07, 6.45) is 8.31. The molecular weight excluding hydrogens is 538 g/mol. The number of allylic oxidation sites excluding steroid dienone is 2. The summed E-state index contributed by atoms with van der Waals surface area (Å²) in [5.41, 5.74) is 5.65. The van der Waals surface area contributed by atoms with E-state index in [0.29, 0.717) is 19.4 Å². The molecule has 2 aromatic carbocycles. The summed E-state index contributed by atoms with van der Waals surface area (Å²) < 4.78 is 0. The smallest absolute Gasteiger partial charge is 0.203 e. The molecule has 0 saturated heterocycles. The standard InChI is InChI=1S/C37H45NO3S/c1-25-7-6-18-36(3)33(16-19-37(36,41)24-38-20-17-28-8-4-5-9-29(28)23-38)31-14-12-27(21-30(39)13-10-25)22-32(31)35(40)34-15-11-26(2)42-34/h4-5,7-9,11-12,14-15,22,30,33,39,41H,6,10,13,16-21,23-24H2,1-3H3/t30-,33-,36-,37+/m0/s1. The highest BCUT2D eigenvalue weighted by Gasteiger charge is 2.57. The Hall–Kier alpha value is -2.57. The molecule has 2 N–H and O–H groups in total. The quantitative estimate of drug-likeness (QED) is 0.248. The number of fused-ring (bicyclic) bond motifs is 9. The number of benzene rings is 2. The molecule has 0 amide bonds. The van der Waals surface area contributed by atoms with Crippen molar-refractivity contribution in [3.8, 4) is 0 Å². The van der Waals surface area contributed by atoms with Gasteiger partial charge in [0.1, 0.15) is 0 Å². The Kier molecular flexibility index (Phi) is 8.32. The fourth-order valence-corrected chi connectivity index (χ4v) is 8.77. The summed E-state index contributed by atoms with van der Waals surface area (Å²) in [6, 6.07) is 19.0. The third-order valence-electron chi connectivity index (χ3n) is 10.6. The summed E-state index contributed by atoms with van der Waals surface area (Å²) in [4.78, 5) is 18.4. The lowest BCUT2D eigenvalue weighted by Crippen LogP contribution is -2.53. The number of β-amino-alcohol motifs (C(OH)–C–C–N with tert-alkyl or cyclic N) is 1. The normalized spacial score (nSPS) is 28.5. The highest BCUT2D eigenvalue weighted by molar-refractivity contribution is 7.14. The molecule has 3 aliphatic carbocycles. The Labute approximate surface area is 255 Å². The van der Waals surface area contributed by atoms with Gasteiger partial charge in [0.15, 0.2) is 0 Å². The van der Waals surface area contributed by atoms with Crippen LogP contribution in [0.15, 0.2) is 66.2 Å². The average Bonchev–Trinajstić information content (AvgIpc) is 3.51. The van der Waals surface area contributed by atoms with Crippen molar-refractivity contribution in [2.75, 3.05) is 13.1 Å². The van der Waals surface area contributed by atoms with E-state index in [0.717, 1.165) is 78.1 Å². The molecule has 1 fully saturated rings. The molecule has 1 aromatic heterocycles. The number of aryl methyl sites for hydroxylation is 1. The van der Waals surface area contributed by atoms with Gasteiger partial charge in [-0.15, -0.1) is 11.3 Å². The van der Waals surface area contributed by atoms with Crippen LogP contribution in [0.2, 0.25) is 0 Å². The van der Waals surface area contributed by atoms with E-state index in [1.165, 1.54) is 16.7 Å². The van der Waals surface area contributed by atoms with Crippen molar-refractivity contribution in [1.29, 1.82) is 0 Å². The van der Waals surface area contributed by atoms with Crippen molar-refractivity contribution in [2.45, 2.75) is 96.3 Å². The number of hydrogen-bond acceptors (Lipinski definition) is 5. The fraction of sp³-hybridized carbons (Fsp3) is 0.486. The maximum absolute atomic E-state index is 14.1. The van der Waals surface area contributed by atoms with E-state index in [2.05, 4.69) is 61.2 Å². The largest absolute Gasteiger partial charge is 0.393 e. The van der Waals surface area contributed by atoms with Crippen LogP contribution in [0, 0.1) is 12.3 Å². The number of aliphatic hydroxyl groups is 2. The highest BCUT2D eigenvalue weighted by atomic mass is 32.1. The van der Waals surface area contributed by atoms with Crippen LogP contribution in [0.4, 0.5) is 0 Å². The van der Waals surface area contributed by atoms with Gasteiger partial charge in [0.05, 0.1) is 16.6 Å². The first-order chi connectivity index (χ1) is 20.1. The van der Waals surface area contributed by atoms with E-state index in [4.69, 9.17) is 0 Å². The van der Waals surface area contributed by atoms with Crippen molar-refractivity contribution in [3.05, 3.63) is 104 Å². The van der Waals surface area contributed by atoms with Gasteiger partial charge in [-0.2, -0.15) is 0 Å². The number of ketones is 1. The van der Waals surface area contributed by atoms with E-state index in [1.807, 2.05) is 25.1 Å². The van der Waals surface area contributed by atoms with E-state index in [1.54, 1.807) is 11.3 Å². The monoisotopic (exact) mass is 583 g/mol. The van der Waals surface area contributed by atoms with Crippen molar-refractivity contribution >= 4 is 17.1 Å². The van der Waals surface area contributed by atoms with Crippen LogP contribution in [0.3, 0.4) is 0 Å². The van der Waals surface area contributed by atoms with Crippen LogP contribution in [-0.2, 0) is 19.4 Å². The summed E-state index contributed by atoms with van der Waals surface area (Å²) in [5, 5.41) is 23.5. The minimum absolute atomic E-state index is 0.0627. The van der Waals surface area contributed by atoms with Gasteiger partial charge in [-0.3, -0.25) is 9.69 Å². The Morgan fingerprint density at radius 2 is 1.83 bits per heavy atom. The maximum Gasteiger partial charge on any atom is 0.203 e. The molecule has 0 spiro atoms. The number of thiophene rings is 1. The lowest BCUT2D eigenvalue weighted by Gasteiger charge is -2.47. The van der Waals surface area contributed by atoms with Crippen molar-refractivity contribution in [1.82, 2.24) is 4.90 Å². The van der Waals surface area contributed by atoms with Crippen LogP contribution >= 0.6 is 11.3 Å². The number of carbonyl (C=O) groups excluding carboxylic acids is 1. The van der Waals surface area contributed by atoms with Crippen LogP contribution < -0.4 is 0 Å². The van der Waals surface area contributed by atoms with E-state index in [9.17, 15) is 15.0 Å². The Morgan fingerprint density at radius 1 is 1.02 bits per heavy atom. The predicted octanol–water partition coefficient (Wildman–Crippen LogP) is 7.38. The molecule has 42 heavy (non-hydrogen) atoms. The summed E-state index contributed by atoms with van der Waals surface area (Å²) in [5.74, 6) is 0.128. The fourth-order valence-electron chi connectivity index (χ4n) is 7.94. The number of carbonyl (C=O) groups is 1. The molecule has 4 atom stereocenters. The maximum atomic E-state index is 14.1. The second kappa shape index (κ2) is 11.8. The first-order valence-corrected chi connectivity index (χ1v) is 16.6. The van der Waals surface area contributed by atoms with Gasteiger partial charge in [0.2, 0.25) is 5.78 Å². The summed E-state index contributed by atoms with van der Waals surface area (Å²) in [7, 11) is 0. The molecule has 0 radical (unpaired) electrons. The lowest BCUT2D eigenvalue weighted by molar-refractivity contribution is -0.0856. The molecule has 1 aliphatic heterocycles. The predicted molar refractivity (Wildman–Crippen MR) is 171 cm³/mol. The van der Waals surface area contributed by atoms with Crippen molar-refractivity contribution in [2.24, 2.45) is 5.41 Å². The molecule has 2 bridgehead atoms. The molecule has 2 heterocycles. The molecule has 7 rings (SSSR count). The third-order valence-corrected chi connectivity index (χ3v) is 11.6. The average molecular weight is 584 g/mol. The van der Waals surface area contributed by atoms with Crippen LogP contribution in [0.25, 0.3) is 0 Å². The highest BCUT2D eigenvalue weighted by Crippen LogP contribution is 2.59. The van der Waals surface area contributed by atoms with Crippen molar-refractivity contribution < 1.29 is 15.0 Å². The summed E-state index contributed by atoms with van der Waals surface area (Å²) in [6.45, 7) is 8.97. The zero-order valence-corrected chi connectivity index (χ0v) is 26.2. The molecule has 222 valence electrons. The summed E-state index contributed by atoms with van der Waals surface area (Å²) >= 11 is 1.54. The zero-order valence-electron chi connectivity index (χ0n) is 25.4. The Bertz CT molecular complexity index is 1490. The van der Waals surface area contributed by atoms with Gasteiger partial charge in [-0.25, -0.2) is 0 Å². The SMILES string of the molecule is CC1=CCC[C@@]2(C)[C@@H](CC[C@@]2(O)CN2CCc3ccccc3C2)c2ccc(cc2C(=O)c2ccc(C)s2)C[C@@H](O)CC1. The number of rotatable bonds is 4. The second-order valence-corrected chi connectivity index (χ2v) is 14.7. The van der Waals surface area contributed by atoms with Crippen LogP contribution in [0.5, 0.6) is 0 Å². The molecule has 4 aliphatic rings. The van der Waals surface area contributed by atoms with Gasteiger partial charge in [0.25, 0.3) is 0 Å². The number of nitrogens with zero attached hydrogens (tertiary/aromatic N) is 1. The van der Waals surface area contributed by atoms with Gasteiger partial charge < -0.3 is 10.2 Å². The van der Waals surface area contributed by atoms with Crippen molar-refractivity contribution in [3.63, 3.8) is 0 Å². The number of hydrogen-bond donors (Lipinski definition) is 2. The topological polar surface area (TPSA) is 60.8 Å². The first-order valence-electron chi connectivity index (χ1n) is 15.7. The van der Waals surface area contributed by atoms with E-state index in [-0.39, 0.29) is 11.7 Å². The molecular formula is C37H45NO3S. The second-order valence-electron chi connectivity index (χ2n) is 13.4. The molecule has 5 heteroatoms. The molecule has 3 aromatic rings. The van der Waals surface area contributed by atoms with E-state index < -0.39 is 17.1 Å².